The molecule has 0 atom stereocenters. The van der Waals surface area contributed by atoms with Crippen LogP contribution in [-0.2, 0) is 4.79 Å². The fourth-order valence-corrected chi connectivity index (χ4v) is 3.94. The second-order valence-corrected chi connectivity index (χ2v) is 6.40. The van der Waals surface area contributed by atoms with E-state index in [2.05, 4.69) is 4.90 Å². The van der Waals surface area contributed by atoms with Crippen LogP contribution in [0.1, 0.15) is 51.4 Å². The monoisotopic (exact) mass is 268 g/mol. The molecule has 19 heavy (non-hydrogen) atoms. The van der Waals surface area contributed by atoms with Gasteiger partial charge in [0.2, 0.25) is 0 Å². The molecule has 1 saturated heterocycles. The number of aliphatic carboxylic acids is 1. The molecule has 4 nitrogen and oxygen atoms in total. The van der Waals surface area contributed by atoms with Crippen LogP contribution in [0.15, 0.2) is 0 Å². The van der Waals surface area contributed by atoms with Crippen molar-refractivity contribution < 1.29 is 9.90 Å². The number of nitrogens with zero attached hydrogens (tertiary/aromatic N) is 2. The van der Waals surface area contributed by atoms with E-state index in [0.29, 0.717) is 0 Å². The summed E-state index contributed by atoms with van der Waals surface area (Å²) < 4.78 is 0. The van der Waals surface area contributed by atoms with Crippen molar-refractivity contribution in [2.24, 2.45) is 0 Å². The normalized spacial score (nSPS) is 24.5. The average molecular weight is 268 g/mol. The first-order valence-electron chi connectivity index (χ1n) is 7.78. The van der Waals surface area contributed by atoms with Crippen LogP contribution in [0, 0.1) is 0 Å². The zero-order valence-electron chi connectivity index (χ0n) is 12.2. The van der Waals surface area contributed by atoms with Crippen LogP contribution >= 0.6 is 0 Å². The lowest BCUT2D eigenvalue weighted by Crippen LogP contribution is -2.58. The van der Waals surface area contributed by atoms with Crippen molar-refractivity contribution in [1.29, 1.82) is 0 Å². The van der Waals surface area contributed by atoms with Gasteiger partial charge in [0.05, 0.1) is 6.54 Å². The molecule has 0 spiro atoms. The number of carbonyl (C=O) groups is 1. The van der Waals surface area contributed by atoms with Crippen LogP contribution in [0.2, 0.25) is 0 Å². The second kappa shape index (κ2) is 6.71. The Kier molecular flexibility index (Phi) is 5.22. The van der Waals surface area contributed by atoms with Crippen molar-refractivity contribution in [2.45, 2.75) is 56.9 Å². The quantitative estimate of drug-likeness (QED) is 0.830. The number of likely N-dealkylation sites (N-methyl/N-ethyl adjacent to an activating group) is 1. The third-order valence-electron chi connectivity index (χ3n) is 4.78. The highest BCUT2D eigenvalue weighted by Gasteiger charge is 2.39. The van der Waals surface area contributed by atoms with Gasteiger partial charge in [0.1, 0.15) is 0 Å². The highest BCUT2D eigenvalue weighted by Crippen LogP contribution is 2.36. The molecular formula is C15H28N2O2. The molecule has 2 aliphatic rings. The van der Waals surface area contributed by atoms with Crippen LogP contribution in [-0.4, -0.2) is 59.6 Å². The average Bonchev–Trinajstić information content (AvgIpc) is 2.40. The Hall–Kier alpha value is -0.610. The van der Waals surface area contributed by atoms with Gasteiger partial charge in [-0.25, -0.2) is 0 Å². The SMILES string of the molecule is CN(CC(=O)O)CC1(N2CCCCC2)CCCCC1. The van der Waals surface area contributed by atoms with Crippen molar-refractivity contribution in [3.8, 4) is 0 Å². The van der Waals surface area contributed by atoms with Crippen molar-refractivity contribution in [3.05, 3.63) is 0 Å². The summed E-state index contributed by atoms with van der Waals surface area (Å²) in [5.74, 6) is -0.716. The smallest absolute Gasteiger partial charge is 0.317 e. The van der Waals surface area contributed by atoms with E-state index in [9.17, 15) is 4.79 Å². The van der Waals surface area contributed by atoms with E-state index >= 15 is 0 Å². The first-order valence-corrected chi connectivity index (χ1v) is 7.78. The van der Waals surface area contributed by atoms with Gasteiger partial charge in [-0.3, -0.25) is 14.6 Å². The number of hydrogen-bond donors (Lipinski definition) is 1. The van der Waals surface area contributed by atoms with E-state index in [0.717, 1.165) is 6.54 Å². The Morgan fingerprint density at radius 1 is 1.11 bits per heavy atom. The highest BCUT2D eigenvalue weighted by atomic mass is 16.4. The number of piperidine rings is 1. The molecule has 1 aliphatic heterocycles. The minimum Gasteiger partial charge on any atom is -0.480 e. The van der Waals surface area contributed by atoms with Crippen molar-refractivity contribution in [3.63, 3.8) is 0 Å². The molecule has 0 aromatic heterocycles. The fraction of sp³-hybridized carbons (Fsp3) is 0.933. The lowest BCUT2D eigenvalue weighted by Gasteiger charge is -2.49. The molecule has 1 N–H and O–H groups in total. The lowest BCUT2D eigenvalue weighted by atomic mass is 9.79. The predicted octanol–water partition coefficient (Wildman–Crippen LogP) is 2.19. The Morgan fingerprint density at radius 2 is 1.68 bits per heavy atom. The van der Waals surface area contributed by atoms with Crippen molar-refractivity contribution >= 4 is 5.97 Å². The van der Waals surface area contributed by atoms with Gasteiger partial charge >= 0.3 is 5.97 Å². The number of carboxylic acids is 1. The van der Waals surface area contributed by atoms with Gasteiger partial charge in [-0.2, -0.15) is 0 Å². The number of likely N-dealkylation sites (tertiary alicyclic amines) is 1. The summed E-state index contributed by atoms with van der Waals surface area (Å²) in [5, 5.41) is 8.95. The van der Waals surface area contributed by atoms with Gasteiger partial charge in [0, 0.05) is 12.1 Å². The molecular weight excluding hydrogens is 240 g/mol. The lowest BCUT2D eigenvalue weighted by molar-refractivity contribution is -0.138. The van der Waals surface area contributed by atoms with Crippen LogP contribution in [0.5, 0.6) is 0 Å². The van der Waals surface area contributed by atoms with Crippen LogP contribution in [0.25, 0.3) is 0 Å². The summed E-state index contributed by atoms with van der Waals surface area (Å²) in [6, 6.07) is 0. The molecule has 4 heteroatoms. The molecule has 110 valence electrons. The summed E-state index contributed by atoms with van der Waals surface area (Å²) in [4.78, 5) is 15.6. The Morgan fingerprint density at radius 3 is 2.26 bits per heavy atom. The molecule has 1 aliphatic carbocycles. The molecule has 0 radical (unpaired) electrons. The standard InChI is InChI=1S/C15H28N2O2/c1-16(12-14(18)19)13-15(8-4-2-5-9-15)17-10-6-3-7-11-17/h2-13H2,1H3,(H,18,19). The van der Waals surface area contributed by atoms with Crippen molar-refractivity contribution in [1.82, 2.24) is 9.80 Å². The summed E-state index contributed by atoms with van der Waals surface area (Å²) >= 11 is 0. The second-order valence-electron chi connectivity index (χ2n) is 6.40. The van der Waals surface area contributed by atoms with Gasteiger partial charge < -0.3 is 5.11 Å². The number of rotatable bonds is 5. The summed E-state index contributed by atoms with van der Waals surface area (Å²) in [7, 11) is 1.95. The van der Waals surface area contributed by atoms with E-state index in [1.54, 1.807) is 0 Å². The van der Waals surface area contributed by atoms with Crippen LogP contribution in [0.4, 0.5) is 0 Å². The summed E-state index contributed by atoms with van der Waals surface area (Å²) in [6.07, 6.45) is 10.4. The predicted molar refractivity (Wildman–Crippen MR) is 76.4 cm³/mol. The van der Waals surface area contributed by atoms with E-state index in [-0.39, 0.29) is 12.1 Å². The Balaban J connectivity index is 2.02. The van der Waals surface area contributed by atoms with Gasteiger partial charge in [0.25, 0.3) is 0 Å². The molecule has 0 bridgehead atoms. The summed E-state index contributed by atoms with van der Waals surface area (Å²) in [6.45, 7) is 3.50. The molecule has 0 amide bonds. The highest BCUT2D eigenvalue weighted by molar-refractivity contribution is 5.69. The van der Waals surface area contributed by atoms with Crippen molar-refractivity contribution in [2.75, 3.05) is 33.2 Å². The third-order valence-corrected chi connectivity index (χ3v) is 4.78. The minimum atomic E-state index is -0.716. The van der Waals surface area contributed by atoms with E-state index < -0.39 is 5.97 Å². The molecule has 0 aromatic rings. The first-order chi connectivity index (χ1) is 9.12. The maximum atomic E-state index is 10.9. The topological polar surface area (TPSA) is 43.8 Å². The number of carboxylic acid groups (broad SMARTS) is 1. The fourth-order valence-electron chi connectivity index (χ4n) is 3.94. The Labute approximate surface area is 116 Å². The van der Waals surface area contributed by atoms with E-state index in [1.807, 2.05) is 11.9 Å². The van der Waals surface area contributed by atoms with Gasteiger partial charge in [0.15, 0.2) is 0 Å². The van der Waals surface area contributed by atoms with Gasteiger partial charge in [-0.05, 0) is 45.8 Å². The third kappa shape index (κ3) is 3.93. The molecule has 1 heterocycles. The largest absolute Gasteiger partial charge is 0.480 e. The minimum absolute atomic E-state index is 0.162. The molecule has 2 fully saturated rings. The first kappa shape index (κ1) is 14.8. The van der Waals surface area contributed by atoms with Crippen LogP contribution in [0.3, 0.4) is 0 Å². The van der Waals surface area contributed by atoms with E-state index in [4.69, 9.17) is 5.11 Å². The summed E-state index contributed by atoms with van der Waals surface area (Å²) in [5.41, 5.74) is 0.253. The van der Waals surface area contributed by atoms with Crippen LogP contribution < -0.4 is 0 Å². The van der Waals surface area contributed by atoms with Gasteiger partial charge in [-0.15, -0.1) is 0 Å². The Bertz CT molecular complexity index is 295. The van der Waals surface area contributed by atoms with Gasteiger partial charge in [-0.1, -0.05) is 25.7 Å². The molecule has 0 aromatic carbocycles. The van der Waals surface area contributed by atoms with E-state index in [1.165, 1.54) is 64.5 Å². The molecule has 1 saturated carbocycles. The zero-order valence-corrected chi connectivity index (χ0v) is 12.2. The maximum Gasteiger partial charge on any atom is 0.317 e. The zero-order chi connectivity index (χ0) is 13.7. The molecule has 2 rings (SSSR count). The molecule has 0 unspecified atom stereocenters. The number of hydrogen-bond acceptors (Lipinski definition) is 3. The maximum absolute atomic E-state index is 10.9.